The molecule has 2 fully saturated rings. The molecule has 1 amide bonds. The first-order valence-electron chi connectivity index (χ1n) is 6.89. The molecule has 1 atom stereocenters. The molecule has 2 saturated heterocycles. The molecule has 0 aliphatic carbocycles. The summed E-state index contributed by atoms with van der Waals surface area (Å²) in [6.45, 7) is 0.733. The number of carbonyl (C=O) groups is 1. The van der Waals surface area contributed by atoms with Crippen LogP contribution in [0.15, 0.2) is 17.0 Å². The number of hydrogen-bond acceptors (Lipinski definition) is 5. The summed E-state index contributed by atoms with van der Waals surface area (Å²) in [5, 5.41) is 9.92. The normalized spacial score (nSPS) is 22.9. The van der Waals surface area contributed by atoms with Crippen LogP contribution in [-0.4, -0.2) is 54.3 Å². The number of benzene rings is 1. The molecule has 7 nitrogen and oxygen atoms in total. The highest BCUT2D eigenvalue weighted by molar-refractivity contribution is 7.89. The SMILES string of the molecule is Nc1ccc(Cl)c(S(=O)(=O)N2CCN3C(=O)CCC3C2)c1O. The summed E-state index contributed by atoms with van der Waals surface area (Å²) in [5.74, 6) is -0.468. The third-order valence-electron chi connectivity index (χ3n) is 4.17. The van der Waals surface area contributed by atoms with Crippen LogP contribution < -0.4 is 5.73 Å². The zero-order chi connectivity index (χ0) is 16.1. The predicted molar refractivity (Wildman–Crippen MR) is 81.0 cm³/mol. The molecule has 0 aromatic heterocycles. The van der Waals surface area contributed by atoms with Crippen LogP contribution in [0.2, 0.25) is 5.02 Å². The minimum Gasteiger partial charge on any atom is -0.504 e. The van der Waals surface area contributed by atoms with Crippen molar-refractivity contribution in [1.82, 2.24) is 9.21 Å². The Kier molecular flexibility index (Phi) is 3.70. The first-order valence-corrected chi connectivity index (χ1v) is 8.70. The number of rotatable bonds is 2. The number of aromatic hydroxyl groups is 1. The predicted octanol–water partition coefficient (Wildman–Crippen LogP) is 0.623. The lowest BCUT2D eigenvalue weighted by Gasteiger charge is -2.36. The quantitative estimate of drug-likeness (QED) is 0.604. The average molecular weight is 346 g/mol. The van der Waals surface area contributed by atoms with Gasteiger partial charge in [-0.3, -0.25) is 4.79 Å². The number of nitrogens with two attached hydrogens (primary N) is 1. The van der Waals surface area contributed by atoms with E-state index in [9.17, 15) is 18.3 Å². The van der Waals surface area contributed by atoms with Crippen LogP contribution in [0.3, 0.4) is 0 Å². The van der Waals surface area contributed by atoms with Crippen molar-refractivity contribution in [2.45, 2.75) is 23.8 Å². The molecule has 2 aliphatic heterocycles. The zero-order valence-corrected chi connectivity index (χ0v) is 13.3. The van der Waals surface area contributed by atoms with E-state index in [1.54, 1.807) is 4.90 Å². The summed E-state index contributed by atoms with van der Waals surface area (Å²) < 4.78 is 26.8. The molecular formula is C13H16ClN3O4S. The maximum Gasteiger partial charge on any atom is 0.248 e. The number of phenolic OH excluding ortho intramolecular Hbond substituents is 1. The lowest BCUT2D eigenvalue weighted by atomic mass is 10.2. The molecule has 0 radical (unpaired) electrons. The standard InChI is InChI=1S/C13H16ClN3O4S/c14-9-2-3-10(15)12(19)13(9)22(20,21)16-5-6-17-8(7-16)1-4-11(17)18/h2-3,8,19H,1,4-7,15H2. The molecule has 120 valence electrons. The number of phenols is 1. The highest BCUT2D eigenvalue weighted by Gasteiger charge is 2.41. The maximum absolute atomic E-state index is 12.8. The van der Waals surface area contributed by atoms with Gasteiger partial charge in [0.25, 0.3) is 0 Å². The van der Waals surface area contributed by atoms with Crippen molar-refractivity contribution in [2.24, 2.45) is 0 Å². The first kappa shape index (κ1) is 15.4. The Balaban J connectivity index is 1.95. The number of halogens is 1. The fraction of sp³-hybridized carbons (Fsp3) is 0.462. The Morgan fingerprint density at radius 1 is 1.32 bits per heavy atom. The van der Waals surface area contributed by atoms with Crippen LogP contribution in [0.1, 0.15) is 12.8 Å². The van der Waals surface area contributed by atoms with Gasteiger partial charge in [0.1, 0.15) is 4.90 Å². The van der Waals surface area contributed by atoms with Gasteiger partial charge in [0.15, 0.2) is 5.75 Å². The van der Waals surface area contributed by atoms with Crippen LogP contribution in [0.4, 0.5) is 5.69 Å². The van der Waals surface area contributed by atoms with Crippen molar-refractivity contribution in [1.29, 1.82) is 0 Å². The van der Waals surface area contributed by atoms with Gasteiger partial charge in [-0.15, -0.1) is 0 Å². The van der Waals surface area contributed by atoms with Gasteiger partial charge in [-0.25, -0.2) is 8.42 Å². The number of hydrogen-bond donors (Lipinski definition) is 2. The Hall–Kier alpha value is -1.51. The van der Waals surface area contributed by atoms with Gasteiger partial charge in [0.05, 0.1) is 10.7 Å². The number of nitrogens with zero attached hydrogens (tertiary/aromatic N) is 2. The van der Waals surface area contributed by atoms with E-state index in [-0.39, 0.29) is 40.6 Å². The van der Waals surface area contributed by atoms with Crippen LogP contribution >= 0.6 is 11.6 Å². The average Bonchev–Trinajstić information content (AvgIpc) is 2.84. The summed E-state index contributed by atoms with van der Waals surface area (Å²) in [7, 11) is -3.97. The Morgan fingerprint density at radius 3 is 2.77 bits per heavy atom. The number of nitrogen functional groups attached to an aromatic ring is 1. The molecule has 22 heavy (non-hydrogen) atoms. The second-order valence-corrected chi connectivity index (χ2v) is 7.74. The molecule has 3 rings (SSSR count). The number of fused-ring (bicyclic) bond motifs is 1. The topological polar surface area (TPSA) is 104 Å². The van der Waals surface area contributed by atoms with Crippen LogP contribution in [0.5, 0.6) is 5.75 Å². The van der Waals surface area contributed by atoms with E-state index < -0.39 is 15.8 Å². The van der Waals surface area contributed by atoms with E-state index >= 15 is 0 Å². The number of piperazine rings is 1. The van der Waals surface area contributed by atoms with Gasteiger partial charge in [-0.1, -0.05) is 11.6 Å². The molecule has 2 heterocycles. The maximum atomic E-state index is 12.8. The summed E-state index contributed by atoms with van der Waals surface area (Å²) >= 11 is 5.95. The van der Waals surface area contributed by atoms with Gasteiger partial charge < -0.3 is 15.7 Å². The van der Waals surface area contributed by atoms with E-state index in [4.69, 9.17) is 17.3 Å². The van der Waals surface area contributed by atoms with E-state index in [2.05, 4.69) is 0 Å². The molecule has 0 bridgehead atoms. The van der Waals surface area contributed by atoms with Crippen molar-refractivity contribution >= 4 is 33.2 Å². The molecule has 9 heteroatoms. The second-order valence-electron chi connectivity index (χ2n) is 5.46. The third-order valence-corrected chi connectivity index (χ3v) is 6.54. The lowest BCUT2D eigenvalue weighted by Crippen LogP contribution is -2.53. The number of sulfonamides is 1. The van der Waals surface area contributed by atoms with Gasteiger partial charge in [0, 0.05) is 32.1 Å². The van der Waals surface area contributed by atoms with E-state index in [0.29, 0.717) is 19.4 Å². The van der Waals surface area contributed by atoms with Crippen molar-refractivity contribution in [3.8, 4) is 5.75 Å². The molecule has 0 spiro atoms. The Bertz CT molecular complexity index is 737. The molecule has 0 saturated carbocycles. The Labute approximate surface area is 133 Å². The zero-order valence-electron chi connectivity index (χ0n) is 11.7. The highest BCUT2D eigenvalue weighted by atomic mass is 35.5. The van der Waals surface area contributed by atoms with Crippen LogP contribution in [0, 0.1) is 0 Å². The lowest BCUT2D eigenvalue weighted by molar-refractivity contribution is -0.130. The van der Waals surface area contributed by atoms with E-state index in [0.717, 1.165) is 0 Å². The van der Waals surface area contributed by atoms with Crippen molar-refractivity contribution in [3.05, 3.63) is 17.2 Å². The van der Waals surface area contributed by atoms with Gasteiger partial charge in [-0.2, -0.15) is 4.31 Å². The van der Waals surface area contributed by atoms with Crippen molar-refractivity contribution in [2.75, 3.05) is 25.4 Å². The summed E-state index contributed by atoms with van der Waals surface area (Å²) in [5.41, 5.74) is 5.53. The number of anilines is 1. The van der Waals surface area contributed by atoms with Crippen LogP contribution in [0.25, 0.3) is 0 Å². The molecule has 1 aromatic carbocycles. The molecule has 1 aromatic rings. The smallest absolute Gasteiger partial charge is 0.248 e. The monoisotopic (exact) mass is 345 g/mol. The molecule has 3 N–H and O–H groups in total. The van der Waals surface area contributed by atoms with Gasteiger partial charge >= 0.3 is 0 Å². The molecular weight excluding hydrogens is 330 g/mol. The van der Waals surface area contributed by atoms with E-state index in [1.807, 2.05) is 0 Å². The summed E-state index contributed by atoms with van der Waals surface area (Å²) in [6, 6.07) is 2.58. The van der Waals surface area contributed by atoms with Gasteiger partial charge in [-0.05, 0) is 18.6 Å². The molecule has 1 unspecified atom stereocenters. The first-order chi connectivity index (χ1) is 10.3. The van der Waals surface area contributed by atoms with Crippen molar-refractivity contribution in [3.63, 3.8) is 0 Å². The van der Waals surface area contributed by atoms with Gasteiger partial charge in [0.2, 0.25) is 15.9 Å². The van der Waals surface area contributed by atoms with Crippen LogP contribution in [-0.2, 0) is 14.8 Å². The minimum atomic E-state index is -3.97. The fourth-order valence-corrected chi connectivity index (χ4v) is 5.06. The molecule has 2 aliphatic rings. The minimum absolute atomic E-state index is 0.0438. The Morgan fingerprint density at radius 2 is 2.05 bits per heavy atom. The highest BCUT2D eigenvalue weighted by Crippen LogP contribution is 2.38. The largest absolute Gasteiger partial charge is 0.504 e. The number of amides is 1. The summed E-state index contributed by atoms with van der Waals surface area (Å²) in [6.07, 6.45) is 1.09. The van der Waals surface area contributed by atoms with Crippen molar-refractivity contribution < 1.29 is 18.3 Å². The third kappa shape index (κ3) is 2.31. The fourth-order valence-electron chi connectivity index (χ4n) is 2.99. The second kappa shape index (κ2) is 5.29. The number of carbonyl (C=O) groups excluding carboxylic acids is 1. The van der Waals surface area contributed by atoms with E-state index in [1.165, 1.54) is 16.4 Å². The summed E-state index contributed by atoms with van der Waals surface area (Å²) in [4.78, 5) is 13.0.